The first kappa shape index (κ1) is 13.0. The van der Waals surface area contributed by atoms with E-state index >= 15 is 0 Å². The summed E-state index contributed by atoms with van der Waals surface area (Å²) in [5, 5.41) is 0. The first-order valence-corrected chi connectivity index (χ1v) is 5.78. The Morgan fingerprint density at radius 3 is 2.84 bits per heavy atom. The summed E-state index contributed by atoms with van der Waals surface area (Å²) in [4.78, 5) is 17.5. The molecule has 0 unspecified atom stereocenters. The van der Waals surface area contributed by atoms with Crippen LogP contribution < -0.4 is 5.73 Å². The van der Waals surface area contributed by atoms with Gasteiger partial charge in [0.05, 0.1) is 5.56 Å². The van der Waals surface area contributed by atoms with Crippen molar-refractivity contribution in [2.24, 2.45) is 0 Å². The number of nitrogen functional groups attached to an aromatic ring is 1. The molecule has 0 atom stereocenters. The molecule has 2 N–H and O–H groups in total. The van der Waals surface area contributed by atoms with Crippen molar-refractivity contribution < 1.29 is 9.18 Å². The van der Waals surface area contributed by atoms with E-state index in [1.165, 1.54) is 23.2 Å². The molecule has 1 amide bonds. The summed E-state index contributed by atoms with van der Waals surface area (Å²) in [6, 6.07) is 9.41. The molecule has 2 aromatic rings. The highest BCUT2D eigenvalue weighted by Gasteiger charge is 2.15. The van der Waals surface area contributed by atoms with Crippen LogP contribution in [0.1, 0.15) is 15.9 Å². The largest absolute Gasteiger partial charge is 0.383 e. The molecule has 0 bridgehead atoms. The van der Waals surface area contributed by atoms with E-state index in [4.69, 9.17) is 5.73 Å². The molecule has 1 heterocycles. The fraction of sp³-hybridized carbons (Fsp3) is 0.143. The summed E-state index contributed by atoms with van der Waals surface area (Å²) in [6.07, 6.45) is 1.53. The van der Waals surface area contributed by atoms with E-state index in [1.54, 1.807) is 31.3 Å². The van der Waals surface area contributed by atoms with Crippen LogP contribution in [0.2, 0.25) is 0 Å². The van der Waals surface area contributed by atoms with E-state index in [-0.39, 0.29) is 17.5 Å². The molecule has 2 rings (SSSR count). The highest BCUT2D eigenvalue weighted by molar-refractivity contribution is 5.98. The lowest BCUT2D eigenvalue weighted by Crippen LogP contribution is -2.27. The van der Waals surface area contributed by atoms with E-state index in [2.05, 4.69) is 4.98 Å². The zero-order chi connectivity index (χ0) is 13.8. The third kappa shape index (κ3) is 3.07. The van der Waals surface area contributed by atoms with E-state index in [1.807, 2.05) is 0 Å². The Kier molecular flexibility index (Phi) is 3.75. The Bertz CT molecular complexity index is 601. The zero-order valence-electron chi connectivity index (χ0n) is 10.5. The topological polar surface area (TPSA) is 59.2 Å². The number of nitrogens with zero attached hydrogens (tertiary/aromatic N) is 2. The minimum atomic E-state index is -0.320. The van der Waals surface area contributed by atoms with Crippen LogP contribution >= 0.6 is 0 Å². The van der Waals surface area contributed by atoms with Crippen LogP contribution in [0.25, 0.3) is 0 Å². The Labute approximate surface area is 110 Å². The predicted molar refractivity (Wildman–Crippen MR) is 70.8 cm³/mol. The van der Waals surface area contributed by atoms with Gasteiger partial charge in [0.2, 0.25) is 0 Å². The molecule has 0 aliphatic heterocycles. The Morgan fingerprint density at radius 2 is 2.16 bits per heavy atom. The number of rotatable bonds is 3. The lowest BCUT2D eigenvalue weighted by molar-refractivity contribution is 0.0785. The number of carbonyl (C=O) groups excluding carboxylic acids is 1. The van der Waals surface area contributed by atoms with Gasteiger partial charge in [0, 0.05) is 19.8 Å². The first-order valence-electron chi connectivity index (χ1n) is 5.78. The van der Waals surface area contributed by atoms with Crippen molar-refractivity contribution >= 4 is 11.7 Å². The monoisotopic (exact) mass is 259 g/mol. The van der Waals surface area contributed by atoms with Crippen LogP contribution in [0.4, 0.5) is 10.2 Å². The number of carbonyl (C=O) groups is 1. The lowest BCUT2D eigenvalue weighted by Gasteiger charge is -2.18. The van der Waals surface area contributed by atoms with E-state index in [9.17, 15) is 9.18 Å². The molecule has 0 aliphatic carbocycles. The molecule has 4 nitrogen and oxygen atoms in total. The van der Waals surface area contributed by atoms with Gasteiger partial charge in [-0.3, -0.25) is 4.79 Å². The molecule has 5 heteroatoms. The molecular weight excluding hydrogens is 245 g/mol. The number of amides is 1. The second-order valence-corrected chi connectivity index (χ2v) is 4.23. The fourth-order valence-electron chi connectivity index (χ4n) is 1.78. The minimum Gasteiger partial charge on any atom is -0.383 e. The molecule has 0 saturated carbocycles. The van der Waals surface area contributed by atoms with Crippen LogP contribution in [0.5, 0.6) is 0 Å². The summed E-state index contributed by atoms with van der Waals surface area (Å²) < 4.78 is 13.1. The summed E-state index contributed by atoms with van der Waals surface area (Å²) in [7, 11) is 1.64. The average Bonchev–Trinajstić information content (AvgIpc) is 2.38. The number of aromatic nitrogens is 1. The first-order chi connectivity index (χ1) is 9.08. The Morgan fingerprint density at radius 1 is 1.37 bits per heavy atom. The molecule has 1 aromatic heterocycles. The number of benzene rings is 1. The maximum absolute atomic E-state index is 13.1. The smallest absolute Gasteiger partial charge is 0.257 e. The van der Waals surface area contributed by atoms with E-state index in [0.29, 0.717) is 12.1 Å². The van der Waals surface area contributed by atoms with Crippen molar-refractivity contribution in [2.45, 2.75) is 6.54 Å². The molecule has 0 radical (unpaired) electrons. The predicted octanol–water partition coefficient (Wildman–Crippen LogP) is 2.08. The summed E-state index contributed by atoms with van der Waals surface area (Å²) in [5.74, 6) is -0.368. The van der Waals surface area contributed by atoms with Gasteiger partial charge in [0.25, 0.3) is 5.91 Å². The normalized spacial score (nSPS) is 10.2. The second kappa shape index (κ2) is 5.48. The Balaban J connectivity index is 2.14. The SMILES string of the molecule is CN(Cc1cccc(F)c1)C(=O)c1cccnc1N. The van der Waals surface area contributed by atoms with Crippen LogP contribution in [0, 0.1) is 5.82 Å². The lowest BCUT2D eigenvalue weighted by atomic mass is 10.2. The molecule has 0 spiro atoms. The summed E-state index contributed by atoms with van der Waals surface area (Å²) >= 11 is 0. The quantitative estimate of drug-likeness (QED) is 0.918. The number of anilines is 1. The molecule has 0 aliphatic rings. The standard InChI is InChI=1S/C14H14FN3O/c1-18(9-10-4-2-5-11(15)8-10)14(19)12-6-3-7-17-13(12)16/h2-8H,9H2,1H3,(H2,16,17). The van der Waals surface area contributed by atoms with Gasteiger partial charge in [-0.2, -0.15) is 0 Å². The number of hydrogen-bond donors (Lipinski definition) is 1. The third-order valence-electron chi connectivity index (χ3n) is 2.72. The van der Waals surface area contributed by atoms with Crippen molar-refractivity contribution in [1.29, 1.82) is 0 Å². The van der Waals surface area contributed by atoms with Crippen LogP contribution in [-0.2, 0) is 6.54 Å². The van der Waals surface area contributed by atoms with Gasteiger partial charge in [-0.25, -0.2) is 9.37 Å². The van der Waals surface area contributed by atoms with Crippen molar-refractivity contribution in [3.05, 3.63) is 59.5 Å². The minimum absolute atomic E-state index is 0.193. The zero-order valence-corrected chi connectivity index (χ0v) is 10.5. The maximum atomic E-state index is 13.1. The molecule has 98 valence electrons. The van der Waals surface area contributed by atoms with Gasteiger partial charge >= 0.3 is 0 Å². The fourth-order valence-corrected chi connectivity index (χ4v) is 1.78. The number of hydrogen-bond acceptors (Lipinski definition) is 3. The van der Waals surface area contributed by atoms with Crippen molar-refractivity contribution in [1.82, 2.24) is 9.88 Å². The van der Waals surface area contributed by atoms with Gasteiger partial charge in [-0.1, -0.05) is 12.1 Å². The molecule has 0 fully saturated rings. The highest BCUT2D eigenvalue weighted by Crippen LogP contribution is 2.13. The van der Waals surface area contributed by atoms with Crippen LogP contribution in [0.3, 0.4) is 0 Å². The number of nitrogens with two attached hydrogens (primary N) is 1. The average molecular weight is 259 g/mol. The van der Waals surface area contributed by atoms with Crippen molar-refractivity contribution in [3.63, 3.8) is 0 Å². The maximum Gasteiger partial charge on any atom is 0.257 e. The van der Waals surface area contributed by atoms with Crippen LogP contribution in [-0.4, -0.2) is 22.8 Å². The highest BCUT2D eigenvalue weighted by atomic mass is 19.1. The van der Waals surface area contributed by atoms with Gasteiger partial charge < -0.3 is 10.6 Å². The summed E-state index contributed by atoms with van der Waals surface area (Å²) in [5.41, 5.74) is 6.73. The third-order valence-corrected chi connectivity index (χ3v) is 2.72. The number of pyridine rings is 1. The number of halogens is 1. The second-order valence-electron chi connectivity index (χ2n) is 4.23. The van der Waals surface area contributed by atoms with E-state index < -0.39 is 0 Å². The van der Waals surface area contributed by atoms with Gasteiger partial charge in [0.1, 0.15) is 11.6 Å². The molecule has 0 saturated heterocycles. The van der Waals surface area contributed by atoms with Crippen LogP contribution in [0.15, 0.2) is 42.6 Å². The molecule has 1 aromatic carbocycles. The Hall–Kier alpha value is -2.43. The van der Waals surface area contributed by atoms with Gasteiger partial charge in [-0.05, 0) is 29.8 Å². The van der Waals surface area contributed by atoms with Gasteiger partial charge in [-0.15, -0.1) is 0 Å². The van der Waals surface area contributed by atoms with Crippen molar-refractivity contribution in [2.75, 3.05) is 12.8 Å². The van der Waals surface area contributed by atoms with Gasteiger partial charge in [0.15, 0.2) is 0 Å². The summed E-state index contributed by atoms with van der Waals surface area (Å²) in [6.45, 7) is 0.310. The molecular formula is C14H14FN3O. The molecule has 19 heavy (non-hydrogen) atoms. The van der Waals surface area contributed by atoms with Crippen molar-refractivity contribution in [3.8, 4) is 0 Å². The van der Waals surface area contributed by atoms with E-state index in [0.717, 1.165) is 5.56 Å².